The van der Waals surface area contributed by atoms with E-state index in [1.54, 1.807) is 24.3 Å². The van der Waals surface area contributed by atoms with E-state index in [-0.39, 0.29) is 24.3 Å². The average Bonchev–Trinajstić information content (AvgIpc) is 2.78. The highest BCUT2D eigenvalue weighted by Gasteiger charge is 2.14. The van der Waals surface area contributed by atoms with Crippen LogP contribution in [0.4, 0.5) is 0 Å². The molecule has 2 aromatic carbocycles. The molecule has 0 aromatic heterocycles. The zero-order valence-corrected chi connectivity index (χ0v) is 18.7. The lowest BCUT2D eigenvalue weighted by Crippen LogP contribution is -2.11. The van der Waals surface area contributed by atoms with Crippen molar-refractivity contribution >= 4 is 24.0 Å². The lowest BCUT2D eigenvalue weighted by molar-refractivity contribution is -0.138. The number of benzene rings is 2. The smallest absolute Gasteiger partial charge is 0.330 e. The third-order valence-corrected chi connectivity index (χ3v) is 4.43. The number of aryl methyl sites for hydroxylation is 1. The molecule has 0 saturated carbocycles. The first-order chi connectivity index (χ1) is 15.5. The molecule has 0 saturated heterocycles. The van der Waals surface area contributed by atoms with E-state index < -0.39 is 17.9 Å². The van der Waals surface area contributed by atoms with E-state index in [0.717, 1.165) is 12.8 Å². The summed E-state index contributed by atoms with van der Waals surface area (Å²) in [5.74, 6) is -0.956. The van der Waals surface area contributed by atoms with Gasteiger partial charge in [0.15, 0.2) is 11.5 Å². The number of rotatable bonds is 12. The van der Waals surface area contributed by atoms with Gasteiger partial charge in [-0.15, -0.1) is 0 Å². The monoisotopic (exact) mass is 438 g/mol. The highest BCUT2D eigenvalue weighted by Crippen LogP contribution is 2.30. The Bertz CT molecular complexity index is 917. The molecular weight excluding hydrogens is 408 g/mol. The molecule has 6 nitrogen and oxygen atoms in total. The van der Waals surface area contributed by atoms with E-state index in [4.69, 9.17) is 14.2 Å². The van der Waals surface area contributed by atoms with Crippen LogP contribution in [0.1, 0.15) is 57.1 Å². The highest BCUT2D eigenvalue weighted by molar-refractivity contribution is 5.87. The predicted octanol–water partition coefficient (Wildman–Crippen LogP) is 5.29. The van der Waals surface area contributed by atoms with Crippen LogP contribution >= 0.6 is 0 Å². The van der Waals surface area contributed by atoms with Crippen LogP contribution in [0.3, 0.4) is 0 Å². The number of hydrogen-bond donors (Lipinski definition) is 0. The second-order valence-electron chi connectivity index (χ2n) is 7.24. The molecule has 0 fully saturated rings. The van der Waals surface area contributed by atoms with E-state index in [0.29, 0.717) is 25.0 Å². The molecule has 2 aromatic rings. The maximum Gasteiger partial charge on any atom is 0.330 e. The van der Waals surface area contributed by atoms with Crippen molar-refractivity contribution < 1.29 is 28.6 Å². The Morgan fingerprint density at radius 1 is 0.844 bits per heavy atom. The van der Waals surface area contributed by atoms with Gasteiger partial charge in [-0.1, -0.05) is 50.2 Å². The van der Waals surface area contributed by atoms with Crippen molar-refractivity contribution in [2.45, 2.75) is 52.4 Å². The molecule has 0 aliphatic heterocycles. The minimum atomic E-state index is -0.457. The average molecular weight is 439 g/mol. The molecule has 0 aliphatic carbocycles. The lowest BCUT2D eigenvalue weighted by atomic mass is 10.1. The molecule has 0 atom stereocenters. The molecule has 170 valence electrons. The Morgan fingerprint density at radius 3 is 2.16 bits per heavy atom. The fourth-order valence-corrected chi connectivity index (χ4v) is 2.85. The van der Waals surface area contributed by atoms with E-state index >= 15 is 0 Å². The first-order valence-corrected chi connectivity index (χ1v) is 11.0. The van der Waals surface area contributed by atoms with Gasteiger partial charge in [-0.2, -0.15) is 0 Å². The lowest BCUT2D eigenvalue weighted by Gasteiger charge is -2.11. The van der Waals surface area contributed by atoms with Crippen molar-refractivity contribution in [3.8, 4) is 11.5 Å². The largest absolute Gasteiger partial charge is 0.463 e. The number of carbonyl (C=O) groups is 3. The van der Waals surface area contributed by atoms with Crippen molar-refractivity contribution in [1.29, 1.82) is 0 Å². The van der Waals surface area contributed by atoms with Crippen molar-refractivity contribution in [2.75, 3.05) is 6.61 Å². The standard InChI is InChI=1S/C26H30O6/c1-3-9-25(28)31-22-16-14-21(19-23(22)32-26(29)10-4-2)15-17-24(27)30-18-8-13-20-11-6-5-7-12-20/h5-7,11-12,14-17,19H,3-4,8-10,13,18H2,1-2H3/b17-15+. The first kappa shape index (κ1) is 24.9. The Hall–Kier alpha value is -3.41. The maximum absolute atomic E-state index is 12.0. The van der Waals surface area contributed by atoms with Crippen LogP contribution in [0.2, 0.25) is 0 Å². The third-order valence-electron chi connectivity index (χ3n) is 4.43. The van der Waals surface area contributed by atoms with Crippen LogP contribution in [0.5, 0.6) is 11.5 Å². The molecular formula is C26H30O6. The van der Waals surface area contributed by atoms with Gasteiger partial charge in [0.1, 0.15) is 0 Å². The van der Waals surface area contributed by atoms with Gasteiger partial charge >= 0.3 is 17.9 Å². The Kier molecular flexibility index (Phi) is 10.7. The molecule has 0 spiro atoms. The molecule has 6 heteroatoms. The molecule has 32 heavy (non-hydrogen) atoms. The van der Waals surface area contributed by atoms with Gasteiger partial charge in [-0.05, 0) is 55.0 Å². The van der Waals surface area contributed by atoms with Gasteiger partial charge in [-0.25, -0.2) is 4.79 Å². The Balaban J connectivity index is 1.96. The topological polar surface area (TPSA) is 78.9 Å². The second-order valence-corrected chi connectivity index (χ2v) is 7.24. The first-order valence-electron chi connectivity index (χ1n) is 11.0. The second kappa shape index (κ2) is 13.8. The van der Waals surface area contributed by atoms with Crippen molar-refractivity contribution in [1.82, 2.24) is 0 Å². The molecule has 0 radical (unpaired) electrons. The van der Waals surface area contributed by atoms with Gasteiger partial charge < -0.3 is 14.2 Å². The molecule has 0 aliphatic rings. The van der Waals surface area contributed by atoms with Crippen LogP contribution < -0.4 is 9.47 Å². The van der Waals surface area contributed by atoms with E-state index in [9.17, 15) is 14.4 Å². The highest BCUT2D eigenvalue weighted by atomic mass is 16.6. The zero-order chi connectivity index (χ0) is 23.2. The molecule has 0 N–H and O–H groups in total. The summed E-state index contributed by atoms with van der Waals surface area (Å²) in [7, 11) is 0. The summed E-state index contributed by atoms with van der Waals surface area (Å²) in [4.78, 5) is 35.8. The minimum absolute atomic E-state index is 0.145. The van der Waals surface area contributed by atoms with Crippen LogP contribution in [0.15, 0.2) is 54.6 Å². The van der Waals surface area contributed by atoms with Crippen molar-refractivity contribution in [2.24, 2.45) is 0 Å². The maximum atomic E-state index is 12.0. The van der Waals surface area contributed by atoms with Gasteiger partial charge in [-0.3, -0.25) is 9.59 Å². The van der Waals surface area contributed by atoms with Gasteiger partial charge in [0.25, 0.3) is 0 Å². The minimum Gasteiger partial charge on any atom is -0.463 e. The van der Waals surface area contributed by atoms with Crippen molar-refractivity contribution in [3.05, 3.63) is 65.7 Å². The van der Waals surface area contributed by atoms with E-state index in [1.807, 2.05) is 44.2 Å². The summed E-state index contributed by atoms with van der Waals surface area (Å²) in [6, 6.07) is 14.8. The summed E-state index contributed by atoms with van der Waals surface area (Å²) in [5.41, 5.74) is 1.81. The zero-order valence-electron chi connectivity index (χ0n) is 18.7. The Morgan fingerprint density at radius 2 is 1.50 bits per heavy atom. The Labute approximate surface area is 189 Å². The number of hydrogen-bond acceptors (Lipinski definition) is 6. The van der Waals surface area contributed by atoms with E-state index in [2.05, 4.69) is 0 Å². The summed E-state index contributed by atoms with van der Waals surface area (Å²) >= 11 is 0. The van der Waals surface area contributed by atoms with Gasteiger partial charge in [0.2, 0.25) is 0 Å². The van der Waals surface area contributed by atoms with Crippen LogP contribution in [0.25, 0.3) is 6.08 Å². The van der Waals surface area contributed by atoms with E-state index in [1.165, 1.54) is 11.6 Å². The van der Waals surface area contributed by atoms with Gasteiger partial charge in [0, 0.05) is 18.9 Å². The summed E-state index contributed by atoms with van der Waals surface area (Å²) < 4.78 is 15.9. The quantitative estimate of drug-likeness (QED) is 0.194. The van der Waals surface area contributed by atoms with Crippen LogP contribution in [0, 0.1) is 0 Å². The molecule has 2 rings (SSSR count). The SMILES string of the molecule is CCCC(=O)Oc1ccc(/C=C/C(=O)OCCCc2ccccc2)cc1OC(=O)CCC. The number of esters is 3. The van der Waals surface area contributed by atoms with Gasteiger partial charge in [0.05, 0.1) is 6.61 Å². The van der Waals surface area contributed by atoms with Crippen molar-refractivity contribution in [3.63, 3.8) is 0 Å². The number of carbonyl (C=O) groups excluding carboxylic acids is 3. The fourth-order valence-electron chi connectivity index (χ4n) is 2.85. The third kappa shape index (κ3) is 9.16. The number of ether oxygens (including phenoxy) is 3. The summed E-state index contributed by atoms with van der Waals surface area (Å²) in [5, 5.41) is 0. The summed E-state index contributed by atoms with van der Waals surface area (Å²) in [6.45, 7) is 4.07. The molecule has 0 unspecified atom stereocenters. The van der Waals surface area contributed by atoms with Crippen LogP contribution in [-0.2, 0) is 25.5 Å². The fraction of sp³-hybridized carbons (Fsp3) is 0.346. The van der Waals surface area contributed by atoms with Crippen LogP contribution in [-0.4, -0.2) is 24.5 Å². The summed E-state index contributed by atoms with van der Waals surface area (Å²) in [6.07, 6.45) is 6.25. The predicted molar refractivity (Wildman–Crippen MR) is 122 cm³/mol. The molecule has 0 heterocycles. The molecule has 0 amide bonds. The molecule has 0 bridgehead atoms. The normalized spacial score (nSPS) is 10.7.